The van der Waals surface area contributed by atoms with E-state index in [9.17, 15) is 0 Å². The predicted molar refractivity (Wildman–Crippen MR) is 55.1 cm³/mol. The van der Waals surface area contributed by atoms with Gasteiger partial charge in [-0.1, -0.05) is 18.2 Å². The number of anilines is 1. The van der Waals surface area contributed by atoms with Crippen molar-refractivity contribution in [3.63, 3.8) is 0 Å². The van der Waals surface area contributed by atoms with E-state index in [4.69, 9.17) is 5.73 Å². The maximum absolute atomic E-state index is 5.82. The lowest BCUT2D eigenvalue weighted by atomic mass is 10.0. The van der Waals surface area contributed by atoms with Crippen LogP contribution in [0.2, 0.25) is 0 Å². The minimum absolute atomic E-state index is 0.918. The van der Waals surface area contributed by atoms with Crippen LogP contribution in [0.1, 0.15) is 17.7 Å². The second kappa shape index (κ2) is 3.15. The van der Waals surface area contributed by atoms with Crippen LogP contribution in [0, 0.1) is 0 Å². The van der Waals surface area contributed by atoms with E-state index < -0.39 is 0 Å². The van der Waals surface area contributed by atoms with Gasteiger partial charge in [0.1, 0.15) is 0 Å². The number of nitrogens with two attached hydrogens (primary N) is 1. The van der Waals surface area contributed by atoms with Crippen LogP contribution in [0.15, 0.2) is 29.7 Å². The molecular weight excluding hydrogens is 166 g/mol. The molecule has 1 aromatic heterocycles. The molecule has 0 atom stereocenters. The fraction of sp³-hybridized carbons (Fsp3) is 0.200. The smallest absolute Gasteiger partial charge is 0.0531 e. The Kier molecular flexibility index (Phi) is 2.00. The van der Waals surface area contributed by atoms with E-state index >= 15 is 0 Å². The van der Waals surface area contributed by atoms with Crippen LogP contribution in [-0.2, 0) is 0 Å². The van der Waals surface area contributed by atoms with Gasteiger partial charge in [0.2, 0.25) is 0 Å². The molecule has 1 nitrogen and oxygen atoms in total. The van der Waals surface area contributed by atoms with Crippen molar-refractivity contribution in [2.24, 2.45) is 0 Å². The first-order valence-corrected chi connectivity index (χ1v) is 4.95. The Balaban J connectivity index is 2.36. The van der Waals surface area contributed by atoms with E-state index in [0.717, 1.165) is 18.5 Å². The van der Waals surface area contributed by atoms with Crippen molar-refractivity contribution in [2.75, 3.05) is 5.73 Å². The Morgan fingerprint density at radius 1 is 1.42 bits per heavy atom. The molecule has 0 radical (unpaired) electrons. The Hall–Kier alpha value is -1.02. The molecule has 0 spiro atoms. The zero-order valence-electron chi connectivity index (χ0n) is 6.79. The molecule has 12 heavy (non-hydrogen) atoms. The van der Waals surface area contributed by atoms with E-state index in [2.05, 4.69) is 18.2 Å². The van der Waals surface area contributed by atoms with Gasteiger partial charge in [-0.05, 0) is 29.9 Å². The molecule has 0 saturated heterocycles. The van der Waals surface area contributed by atoms with Gasteiger partial charge in [-0.3, -0.25) is 0 Å². The topological polar surface area (TPSA) is 26.0 Å². The first-order chi connectivity index (χ1) is 5.88. The van der Waals surface area contributed by atoms with E-state index in [1.165, 1.54) is 10.5 Å². The molecule has 0 aromatic carbocycles. The third kappa shape index (κ3) is 1.30. The molecule has 1 aromatic rings. The molecule has 1 aliphatic carbocycles. The Morgan fingerprint density at radius 3 is 2.92 bits per heavy atom. The SMILES string of the molecule is Nc1ccsc1C1=CC=CCC1. The van der Waals surface area contributed by atoms with E-state index in [0.29, 0.717) is 0 Å². The van der Waals surface area contributed by atoms with Crippen molar-refractivity contribution in [1.82, 2.24) is 0 Å². The Labute approximate surface area is 76.2 Å². The van der Waals surface area contributed by atoms with Crippen molar-refractivity contribution in [2.45, 2.75) is 12.8 Å². The van der Waals surface area contributed by atoms with Crippen molar-refractivity contribution in [3.8, 4) is 0 Å². The lowest BCUT2D eigenvalue weighted by Crippen LogP contribution is -1.89. The highest BCUT2D eigenvalue weighted by Gasteiger charge is 2.07. The van der Waals surface area contributed by atoms with Crippen LogP contribution >= 0.6 is 11.3 Å². The van der Waals surface area contributed by atoms with Crippen molar-refractivity contribution < 1.29 is 0 Å². The summed E-state index contributed by atoms with van der Waals surface area (Å²) in [5.74, 6) is 0. The van der Waals surface area contributed by atoms with Crippen molar-refractivity contribution in [1.29, 1.82) is 0 Å². The van der Waals surface area contributed by atoms with E-state index in [1.807, 2.05) is 11.4 Å². The van der Waals surface area contributed by atoms with Gasteiger partial charge in [-0.2, -0.15) is 0 Å². The summed E-state index contributed by atoms with van der Waals surface area (Å²) < 4.78 is 0. The summed E-state index contributed by atoms with van der Waals surface area (Å²) in [5, 5.41) is 2.05. The van der Waals surface area contributed by atoms with Crippen LogP contribution < -0.4 is 5.73 Å². The maximum Gasteiger partial charge on any atom is 0.0531 e. The third-order valence-corrected chi connectivity index (χ3v) is 3.01. The standard InChI is InChI=1S/C10H11NS/c11-9-6-7-12-10(9)8-4-2-1-3-5-8/h1-2,4,6-7H,3,5,11H2. The van der Waals surface area contributed by atoms with Crippen molar-refractivity contribution in [3.05, 3.63) is 34.6 Å². The minimum Gasteiger partial charge on any atom is -0.398 e. The van der Waals surface area contributed by atoms with Gasteiger partial charge in [-0.15, -0.1) is 11.3 Å². The van der Waals surface area contributed by atoms with Crippen molar-refractivity contribution >= 4 is 22.6 Å². The lowest BCUT2D eigenvalue weighted by Gasteiger charge is -2.07. The molecule has 0 aliphatic heterocycles. The van der Waals surface area contributed by atoms with Crippen LogP contribution in [-0.4, -0.2) is 0 Å². The van der Waals surface area contributed by atoms with E-state index in [-0.39, 0.29) is 0 Å². The number of thiophene rings is 1. The zero-order valence-corrected chi connectivity index (χ0v) is 7.60. The summed E-state index contributed by atoms with van der Waals surface area (Å²) in [6.07, 6.45) is 8.72. The van der Waals surface area contributed by atoms with Crippen LogP contribution in [0.5, 0.6) is 0 Å². The number of rotatable bonds is 1. The second-order valence-electron chi connectivity index (χ2n) is 2.86. The van der Waals surface area contributed by atoms with Crippen LogP contribution in [0.25, 0.3) is 5.57 Å². The molecule has 0 unspecified atom stereocenters. The minimum atomic E-state index is 0.918. The molecule has 1 heterocycles. The summed E-state index contributed by atoms with van der Waals surface area (Å²) in [5.41, 5.74) is 8.11. The van der Waals surface area contributed by atoms with Crippen LogP contribution in [0.3, 0.4) is 0 Å². The number of allylic oxidation sites excluding steroid dienone is 4. The van der Waals surface area contributed by atoms with E-state index in [1.54, 1.807) is 11.3 Å². The fourth-order valence-electron chi connectivity index (χ4n) is 1.37. The quantitative estimate of drug-likeness (QED) is 0.701. The molecule has 62 valence electrons. The number of hydrogen-bond acceptors (Lipinski definition) is 2. The molecule has 0 fully saturated rings. The molecule has 2 N–H and O–H groups in total. The summed E-state index contributed by atoms with van der Waals surface area (Å²) in [6.45, 7) is 0. The number of nitrogen functional groups attached to an aromatic ring is 1. The molecular formula is C10H11NS. The van der Waals surface area contributed by atoms with Gasteiger partial charge in [0.15, 0.2) is 0 Å². The molecule has 0 amide bonds. The van der Waals surface area contributed by atoms with Crippen LogP contribution in [0.4, 0.5) is 5.69 Å². The largest absolute Gasteiger partial charge is 0.398 e. The molecule has 2 rings (SSSR count). The summed E-state index contributed by atoms with van der Waals surface area (Å²) >= 11 is 1.73. The molecule has 1 aliphatic rings. The van der Waals surface area contributed by atoms with Gasteiger partial charge in [0.25, 0.3) is 0 Å². The average Bonchev–Trinajstić information content (AvgIpc) is 2.53. The highest BCUT2D eigenvalue weighted by molar-refractivity contribution is 7.11. The Bertz CT molecular complexity index is 333. The molecule has 0 saturated carbocycles. The van der Waals surface area contributed by atoms with Gasteiger partial charge in [-0.25, -0.2) is 0 Å². The summed E-state index contributed by atoms with van der Waals surface area (Å²) in [4.78, 5) is 1.25. The zero-order chi connectivity index (χ0) is 8.39. The summed E-state index contributed by atoms with van der Waals surface area (Å²) in [7, 11) is 0. The molecule has 2 heteroatoms. The average molecular weight is 177 g/mol. The first-order valence-electron chi connectivity index (χ1n) is 4.07. The van der Waals surface area contributed by atoms with Gasteiger partial charge in [0.05, 0.1) is 4.88 Å². The normalized spacial score (nSPS) is 16.2. The second-order valence-corrected chi connectivity index (χ2v) is 3.78. The summed E-state index contributed by atoms with van der Waals surface area (Å²) in [6, 6.07) is 1.97. The highest BCUT2D eigenvalue weighted by atomic mass is 32.1. The monoisotopic (exact) mass is 177 g/mol. The highest BCUT2D eigenvalue weighted by Crippen LogP contribution is 2.31. The van der Waals surface area contributed by atoms with Gasteiger partial charge >= 0.3 is 0 Å². The third-order valence-electron chi connectivity index (χ3n) is 2.00. The Morgan fingerprint density at radius 2 is 2.33 bits per heavy atom. The lowest BCUT2D eigenvalue weighted by molar-refractivity contribution is 1.06. The van der Waals surface area contributed by atoms with Gasteiger partial charge in [0, 0.05) is 5.69 Å². The number of hydrogen-bond donors (Lipinski definition) is 1. The fourth-order valence-corrected chi connectivity index (χ4v) is 2.25. The first kappa shape index (κ1) is 7.62. The predicted octanol–water partition coefficient (Wildman–Crippen LogP) is 3.06. The maximum atomic E-state index is 5.82. The molecule has 0 bridgehead atoms. The van der Waals surface area contributed by atoms with Gasteiger partial charge < -0.3 is 5.73 Å².